The highest BCUT2D eigenvalue weighted by Crippen LogP contribution is 2.34. The van der Waals surface area contributed by atoms with Gasteiger partial charge in [0.25, 0.3) is 0 Å². The molecule has 152 valence electrons. The fourth-order valence-electron chi connectivity index (χ4n) is 2.80. The molecule has 1 heterocycles. The predicted molar refractivity (Wildman–Crippen MR) is 87.0 cm³/mol. The van der Waals surface area contributed by atoms with E-state index in [-0.39, 0.29) is 18.8 Å². The molecule has 0 aliphatic carbocycles. The quantitative estimate of drug-likeness (QED) is 0.443. The molecule has 5 atom stereocenters. The predicted octanol–water partition coefficient (Wildman–Crippen LogP) is 0.296. The Hall–Kier alpha value is -2.49. The van der Waals surface area contributed by atoms with Gasteiger partial charge in [0.2, 0.25) is 6.29 Å². The van der Waals surface area contributed by atoms with Crippen LogP contribution >= 0.6 is 0 Å². The van der Waals surface area contributed by atoms with Crippen molar-refractivity contribution < 1.29 is 47.7 Å². The number of hydrogen-bond donors (Lipinski definition) is 0. The normalized spacial score (nSPS) is 27.2. The van der Waals surface area contributed by atoms with Crippen LogP contribution < -0.4 is 0 Å². The molecule has 0 N–H and O–H groups in total. The van der Waals surface area contributed by atoms with E-state index in [9.17, 15) is 24.0 Å². The summed E-state index contributed by atoms with van der Waals surface area (Å²) in [6.45, 7) is 5.58. The summed E-state index contributed by atoms with van der Waals surface area (Å²) in [6.07, 6.45) is -4.80. The molecule has 0 aromatic heterocycles. The molecule has 1 saturated heterocycles. The summed E-state index contributed by atoms with van der Waals surface area (Å²) >= 11 is 0. The van der Waals surface area contributed by atoms with Crippen LogP contribution in [0, 0.1) is 5.92 Å². The molecule has 10 heteroatoms. The van der Waals surface area contributed by atoms with Crippen molar-refractivity contribution in [2.45, 2.75) is 65.6 Å². The molecule has 1 aliphatic rings. The van der Waals surface area contributed by atoms with Gasteiger partial charge in [0.15, 0.2) is 12.2 Å². The third kappa shape index (κ3) is 7.33. The number of rotatable bonds is 7. The van der Waals surface area contributed by atoms with Gasteiger partial charge in [0.05, 0.1) is 5.92 Å². The Morgan fingerprint density at radius 1 is 0.741 bits per heavy atom. The average molecular weight is 388 g/mol. The van der Waals surface area contributed by atoms with Gasteiger partial charge in [-0.15, -0.1) is 0 Å². The minimum Gasteiger partial charge on any atom is -0.463 e. The first-order valence-electron chi connectivity index (χ1n) is 8.31. The van der Waals surface area contributed by atoms with Gasteiger partial charge in [-0.3, -0.25) is 19.2 Å². The Morgan fingerprint density at radius 2 is 1.26 bits per heavy atom. The van der Waals surface area contributed by atoms with Crippen LogP contribution in [0.2, 0.25) is 0 Å². The van der Waals surface area contributed by atoms with Crippen LogP contribution in [0.5, 0.6) is 0 Å². The Balaban J connectivity index is 3.29. The van der Waals surface area contributed by atoms with E-state index < -0.39 is 54.4 Å². The largest absolute Gasteiger partial charge is 0.463 e. The molecule has 1 aliphatic heterocycles. The molecular weight excluding hydrogens is 364 g/mol. The van der Waals surface area contributed by atoms with Crippen molar-refractivity contribution in [1.82, 2.24) is 0 Å². The lowest BCUT2D eigenvalue weighted by Crippen LogP contribution is -2.59. The van der Waals surface area contributed by atoms with E-state index in [1.807, 2.05) is 0 Å². The minimum absolute atomic E-state index is 0.159. The zero-order valence-corrected chi connectivity index (χ0v) is 15.9. The van der Waals surface area contributed by atoms with Gasteiger partial charge in [-0.1, -0.05) is 0 Å². The van der Waals surface area contributed by atoms with E-state index in [4.69, 9.17) is 23.7 Å². The van der Waals surface area contributed by atoms with Crippen molar-refractivity contribution in [1.29, 1.82) is 0 Å². The van der Waals surface area contributed by atoms with Crippen molar-refractivity contribution in [3.05, 3.63) is 0 Å². The Kier molecular flexibility index (Phi) is 8.35. The van der Waals surface area contributed by atoms with Crippen LogP contribution in [0.4, 0.5) is 0 Å². The van der Waals surface area contributed by atoms with Crippen molar-refractivity contribution in [3.63, 3.8) is 0 Å². The van der Waals surface area contributed by atoms with Gasteiger partial charge < -0.3 is 28.5 Å². The number of esters is 4. The number of carbonyl (C=O) groups excluding carboxylic acids is 5. The van der Waals surface area contributed by atoms with Crippen LogP contribution in [-0.4, -0.2) is 60.9 Å². The van der Waals surface area contributed by atoms with Crippen LogP contribution in [0.1, 0.15) is 41.0 Å². The minimum atomic E-state index is -1.26. The first-order chi connectivity index (χ1) is 12.5. The van der Waals surface area contributed by atoms with Gasteiger partial charge in [-0.2, -0.15) is 0 Å². The maximum absolute atomic E-state index is 11.7. The molecule has 1 fully saturated rings. The fraction of sp³-hybridized carbons (Fsp3) is 0.706. The highest BCUT2D eigenvalue weighted by molar-refractivity contribution is 5.76. The molecule has 1 unspecified atom stereocenters. The second-order valence-corrected chi connectivity index (χ2v) is 6.17. The lowest BCUT2D eigenvalue weighted by molar-refractivity contribution is -0.283. The van der Waals surface area contributed by atoms with Crippen molar-refractivity contribution in [2.24, 2.45) is 5.92 Å². The van der Waals surface area contributed by atoms with Crippen LogP contribution in [0.3, 0.4) is 0 Å². The number of ether oxygens (including phenoxy) is 5. The second kappa shape index (κ2) is 10.0. The van der Waals surface area contributed by atoms with E-state index in [0.29, 0.717) is 0 Å². The summed E-state index contributed by atoms with van der Waals surface area (Å²) in [5.41, 5.74) is 0. The molecule has 0 amide bonds. The molecule has 0 radical (unpaired) electrons. The van der Waals surface area contributed by atoms with Crippen molar-refractivity contribution in [2.75, 3.05) is 6.61 Å². The molecule has 1 rings (SSSR count). The maximum Gasteiger partial charge on any atom is 0.304 e. The second-order valence-electron chi connectivity index (χ2n) is 6.17. The summed E-state index contributed by atoms with van der Waals surface area (Å²) < 4.78 is 26.2. The molecule has 0 aromatic carbocycles. The monoisotopic (exact) mass is 388 g/mol. The summed E-state index contributed by atoms with van der Waals surface area (Å²) in [5, 5.41) is 0. The van der Waals surface area contributed by atoms with Crippen molar-refractivity contribution >= 4 is 29.7 Å². The summed E-state index contributed by atoms with van der Waals surface area (Å²) in [7, 11) is 0. The standard InChI is InChI=1S/C17H24O10/c1-8(18)6-13-15(24-10(3)20)16(25-11(4)21)14(7-23-9(2)19)27-17(13)26-12(5)22/h13-17H,6-7H2,1-5H3/t13-,14-,15-,16-,17?/m1/s1. The Morgan fingerprint density at radius 3 is 1.70 bits per heavy atom. The van der Waals surface area contributed by atoms with Gasteiger partial charge in [-0.25, -0.2) is 0 Å². The first kappa shape index (κ1) is 22.6. The van der Waals surface area contributed by atoms with E-state index in [1.54, 1.807) is 0 Å². The summed E-state index contributed by atoms with van der Waals surface area (Å²) in [6, 6.07) is 0. The topological polar surface area (TPSA) is 132 Å². The third-order valence-electron chi connectivity index (χ3n) is 3.63. The molecule has 0 aromatic rings. The smallest absolute Gasteiger partial charge is 0.304 e. The van der Waals surface area contributed by atoms with Crippen LogP contribution in [0.15, 0.2) is 0 Å². The molecule has 0 spiro atoms. The van der Waals surface area contributed by atoms with Gasteiger partial charge in [-0.05, 0) is 6.92 Å². The molecular formula is C17H24O10. The zero-order valence-electron chi connectivity index (χ0n) is 15.9. The molecule has 27 heavy (non-hydrogen) atoms. The SMILES string of the molecule is CC(=O)C[C@H]1C(OC(C)=O)O[C@H](COC(C)=O)[C@@H](OC(C)=O)[C@@H]1OC(C)=O. The molecule has 10 nitrogen and oxygen atoms in total. The van der Waals surface area contributed by atoms with Gasteiger partial charge in [0, 0.05) is 34.1 Å². The number of hydrogen-bond acceptors (Lipinski definition) is 10. The Labute approximate surface area is 156 Å². The maximum atomic E-state index is 11.7. The zero-order chi connectivity index (χ0) is 20.7. The summed E-state index contributed by atoms with van der Waals surface area (Å²) in [5.74, 6) is -3.88. The summed E-state index contributed by atoms with van der Waals surface area (Å²) in [4.78, 5) is 57.4. The number of carbonyl (C=O) groups is 5. The lowest BCUT2D eigenvalue weighted by Gasteiger charge is -2.44. The van der Waals surface area contributed by atoms with E-state index in [2.05, 4.69) is 0 Å². The Bertz CT molecular complexity index is 599. The number of Topliss-reactive ketones (excluding diaryl/α,β-unsaturated/α-hetero) is 1. The lowest BCUT2D eigenvalue weighted by atomic mass is 9.86. The highest BCUT2D eigenvalue weighted by Gasteiger charge is 2.51. The van der Waals surface area contributed by atoms with Gasteiger partial charge in [0.1, 0.15) is 18.5 Å². The first-order valence-corrected chi connectivity index (χ1v) is 8.31. The van der Waals surface area contributed by atoms with Crippen LogP contribution in [-0.2, 0) is 47.7 Å². The third-order valence-corrected chi connectivity index (χ3v) is 3.63. The van der Waals surface area contributed by atoms with E-state index in [0.717, 1.165) is 20.8 Å². The van der Waals surface area contributed by atoms with Gasteiger partial charge >= 0.3 is 23.9 Å². The van der Waals surface area contributed by atoms with E-state index >= 15 is 0 Å². The molecule has 0 bridgehead atoms. The van der Waals surface area contributed by atoms with Crippen molar-refractivity contribution in [3.8, 4) is 0 Å². The molecule has 0 saturated carbocycles. The van der Waals surface area contributed by atoms with E-state index in [1.165, 1.54) is 13.8 Å². The average Bonchev–Trinajstić information content (AvgIpc) is 2.49. The fourth-order valence-corrected chi connectivity index (χ4v) is 2.80. The highest BCUT2D eigenvalue weighted by atomic mass is 16.7. The van der Waals surface area contributed by atoms with Crippen LogP contribution in [0.25, 0.3) is 0 Å². The number of ketones is 1.